The van der Waals surface area contributed by atoms with E-state index in [1.807, 2.05) is 12.1 Å². The highest BCUT2D eigenvalue weighted by Crippen LogP contribution is 2.34. The summed E-state index contributed by atoms with van der Waals surface area (Å²) in [5.41, 5.74) is 1.37. The zero-order valence-corrected chi connectivity index (χ0v) is 12.0. The minimum atomic E-state index is -0.392. The lowest BCUT2D eigenvalue weighted by Gasteiger charge is -2.30. The third-order valence-electron chi connectivity index (χ3n) is 4.22. The lowest BCUT2D eigenvalue weighted by molar-refractivity contribution is -0.127. The fourth-order valence-corrected chi connectivity index (χ4v) is 2.94. The number of hydrogen-bond acceptors (Lipinski definition) is 3. The monoisotopic (exact) mass is 274 g/mol. The van der Waals surface area contributed by atoms with Gasteiger partial charge in [-0.2, -0.15) is 0 Å². The first kappa shape index (κ1) is 13.7. The van der Waals surface area contributed by atoms with E-state index in [-0.39, 0.29) is 0 Å². The highest BCUT2D eigenvalue weighted by atomic mass is 16.7. The molecule has 1 heterocycles. The third kappa shape index (κ3) is 3.05. The summed E-state index contributed by atoms with van der Waals surface area (Å²) in [5, 5.41) is 0. The molecule has 3 heteroatoms. The molecule has 0 radical (unpaired) electrons. The van der Waals surface area contributed by atoms with Crippen LogP contribution in [0.4, 0.5) is 0 Å². The number of ether oxygens (including phenoxy) is 3. The van der Waals surface area contributed by atoms with Gasteiger partial charge >= 0.3 is 0 Å². The lowest BCUT2D eigenvalue weighted by Crippen LogP contribution is -2.31. The Morgan fingerprint density at radius 2 is 1.95 bits per heavy atom. The van der Waals surface area contributed by atoms with Crippen LogP contribution < -0.4 is 4.74 Å². The van der Waals surface area contributed by atoms with Crippen molar-refractivity contribution in [3.8, 4) is 5.75 Å². The van der Waals surface area contributed by atoms with Crippen molar-refractivity contribution in [2.45, 2.75) is 31.5 Å². The Bertz CT molecular complexity index is 458. The maximum atomic E-state index is 5.70. The van der Waals surface area contributed by atoms with Crippen LogP contribution in [-0.4, -0.2) is 26.1 Å². The largest absolute Gasteiger partial charge is 0.497 e. The summed E-state index contributed by atoms with van der Waals surface area (Å²) < 4.78 is 16.6. The molecule has 1 fully saturated rings. The molecule has 0 bridgehead atoms. The first-order valence-corrected chi connectivity index (χ1v) is 7.40. The Balaban J connectivity index is 1.51. The van der Waals surface area contributed by atoms with Crippen LogP contribution in [0.25, 0.3) is 0 Å². The van der Waals surface area contributed by atoms with Gasteiger partial charge in [-0.05, 0) is 49.0 Å². The van der Waals surface area contributed by atoms with Gasteiger partial charge in [0.15, 0.2) is 5.79 Å². The molecule has 1 aliphatic carbocycles. The van der Waals surface area contributed by atoms with E-state index in [9.17, 15) is 0 Å². The predicted molar refractivity (Wildman–Crippen MR) is 77.8 cm³/mol. The first-order chi connectivity index (χ1) is 9.80. The second-order valence-corrected chi connectivity index (χ2v) is 5.55. The predicted octanol–water partition coefficient (Wildman–Crippen LogP) is 3.34. The average molecular weight is 274 g/mol. The summed E-state index contributed by atoms with van der Waals surface area (Å²) >= 11 is 0. The number of allylic oxidation sites excluding steroid dienone is 1. The lowest BCUT2D eigenvalue weighted by atomic mass is 9.87. The zero-order chi connectivity index (χ0) is 13.8. The van der Waals surface area contributed by atoms with Crippen molar-refractivity contribution in [2.75, 3.05) is 20.3 Å². The molecule has 0 amide bonds. The van der Waals surface area contributed by atoms with Crippen LogP contribution in [0.5, 0.6) is 5.75 Å². The molecule has 3 nitrogen and oxygen atoms in total. The number of benzene rings is 1. The van der Waals surface area contributed by atoms with Gasteiger partial charge in [-0.25, -0.2) is 0 Å². The molecule has 108 valence electrons. The molecule has 2 aliphatic rings. The van der Waals surface area contributed by atoms with Gasteiger partial charge in [0.2, 0.25) is 0 Å². The summed E-state index contributed by atoms with van der Waals surface area (Å²) in [4.78, 5) is 0. The van der Waals surface area contributed by atoms with Gasteiger partial charge < -0.3 is 14.2 Å². The van der Waals surface area contributed by atoms with Crippen LogP contribution in [0.1, 0.15) is 24.8 Å². The van der Waals surface area contributed by atoms with Gasteiger partial charge in [0.1, 0.15) is 5.75 Å². The van der Waals surface area contributed by atoms with Crippen LogP contribution in [0.2, 0.25) is 0 Å². The molecule has 1 aromatic carbocycles. The molecular weight excluding hydrogens is 252 g/mol. The molecular formula is C17H22O3. The van der Waals surface area contributed by atoms with Crippen LogP contribution in [0.3, 0.4) is 0 Å². The Kier molecular flexibility index (Phi) is 4.08. The molecule has 0 aromatic heterocycles. The van der Waals surface area contributed by atoms with Crippen molar-refractivity contribution in [3.05, 3.63) is 42.0 Å². The average Bonchev–Trinajstić information content (AvgIpc) is 2.96. The molecule has 1 unspecified atom stereocenters. The van der Waals surface area contributed by atoms with Gasteiger partial charge in [0.25, 0.3) is 0 Å². The summed E-state index contributed by atoms with van der Waals surface area (Å²) in [6, 6.07) is 8.36. The number of rotatable bonds is 4. The standard InChI is InChI=1S/C17H22O3/c1-18-16-6-4-14(5-7-16)2-3-15-8-10-17(11-9-15)19-12-13-20-17/h4-8,10,15H,2-3,9,11-13H2,1H3. The van der Waals surface area contributed by atoms with E-state index < -0.39 is 5.79 Å². The minimum Gasteiger partial charge on any atom is -0.497 e. The van der Waals surface area contributed by atoms with Crippen molar-refractivity contribution in [1.82, 2.24) is 0 Å². The smallest absolute Gasteiger partial charge is 0.188 e. The molecule has 1 atom stereocenters. The summed E-state index contributed by atoms with van der Waals surface area (Å²) in [6.45, 7) is 1.45. The van der Waals surface area contributed by atoms with Gasteiger partial charge in [-0.1, -0.05) is 18.2 Å². The Labute approximate surface area is 120 Å². The van der Waals surface area contributed by atoms with E-state index in [2.05, 4.69) is 24.3 Å². The number of aryl methyl sites for hydroxylation is 1. The molecule has 20 heavy (non-hydrogen) atoms. The minimum absolute atomic E-state index is 0.392. The molecule has 1 spiro atoms. The Hall–Kier alpha value is -1.32. The van der Waals surface area contributed by atoms with Gasteiger partial charge in [0.05, 0.1) is 20.3 Å². The fourth-order valence-electron chi connectivity index (χ4n) is 2.94. The van der Waals surface area contributed by atoms with Gasteiger partial charge in [-0.15, -0.1) is 0 Å². The van der Waals surface area contributed by atoms with Gasteiger partial charge in [-0.3, -0.25) is 0 Å². The fraction of sp³-hybridized carbons (Fsp3) is 0.529. The molecule has 3 rings (SSSR count). The normalized spacial score (nSPS) is 24.1. The maximum absolute atomic E-state index is 5.70. The summed E-state index contributed by atoms with van der Waals surface area (Å²) in [6.07, 6.45) is 8.82. The molecule has 0 N–H and O–H groups in total. The highest BCUT2D eigenvalue weighted by Gasteiger charge is 2.36. The van der Waals surface area contributed by atoms with Crippen LogP contribution in [0, 0.1) is 5.92 Å². The number of methoxy groups -OCH3 is 1. The topological polar surface area (TPSA) is 27.7 Å². The summed E-state index contributed by atoms with van der Waals surface area (Å²) in [7, 11) is 1.70. The SMILES string of the molecule is COc1ccc(CCC2C=CC3(CC2)OCCO3)cc1. The van der Waals surface area contributed by atoms with E-state index in [0.717, 1.165) is 38.2 Å². The molecule has 1 saturated heterocycles. The van der Waals surface area contributed by atoms with E-state index in [1.54, 1.807) is 7.11 Å². The Morgan fingerprint density at radius 1 is 1.20 bits per heavy atom. The van der Waals surface area contributed by atoms with E-state index in [4.69, 9.17) is 14.2 Å². The van der Waals surface area contributed by atoms with Crippen molar-refractivity contribution in [1.29, 1.82) is 0 Å². The Morgan fingerprint density at radius 3 is 2.55 bits per heavy atom. The molecule has 1 aromatic rings. The van der Waals surface area contributed by atoms with Gasteiger partial charge in [0, 0.05) is 6.42 Å². The summed E-state index contributed by atoms with van der Waals surface area (Å²) in [5.74, 6) is 1.16. The molecule has 1 aliphatic heterocycles. The van der Waals surface area contributed by atoms with Crippen molar-refractivity contribution < 1.29 is 14.2 Å². The third-order valence-corrected chi connectivity index (χ3v) is 4.22. The van der Waals surface area contributed by atoms with Crippen LogP contribution in [0.15, 0.2) is 36.4 Å². The second-order valence-electron chi connectivity index (χ2n) is 5.55. The number of hydrogen-bond donors (Lipinski definition) is 0. The maximum Gasteiger partial charge on any atom is 0.188 e. The highest BCUT2D eigenvalue weighted by molar-refractivity contribution is 5.27. The first-order valence-electron chi connectivity index (χ1n) is 7.40. The van der Waals surface area contributed by atoms with Crippen molar-refractivity contribution in [2.24, 2.45) is 5.92 Å². The van der Waals surface area contributed by atoms with Crippen molar-refractivity contribution in [3.63, 3.8) is 0 Å². The van der Waals surface area contributed by atoms with Crippen LogP contribution in [-0.2, 0) is 15.9 Å². The van der Waals surface area contributed by atoms with Crippen molar-refractivity contribution >= 4 is 0 Å². The van der Waals surface area contributed by atoms with E-state index >= 15 is 0 Å². The van der Waals surface area contributed by atoms with E-state index in [1.165, 1.54) is 12.0 Å². The van der Waals surface area contributed by atoms with E-state index in [0.29, 0.717) is 5.92 Å². The quantitative estimate of drug-likeness (QED) is 0.788. The second kappa shape index (κ2) is 5.98. The molecule has 0 saturated carbocycles. The van der Waals surface area contributed by atoms with Crippen LogP contribution >= 0.6 is 0 Å². The zero-order valence-electron chi connectivity index (χ0n) is 12.0.